The molecule has 0 aromatic heterocycles. The van der Waals surface area contributed by atoms with Crippen molar-refractivity contribution in [2.45, 2.75) is 38.7 Å². The first-order valence-corrected chi connectivity index (χ1v) is 7.75. The molecule has 0 amide bonds. The van der Waals surface area contributed by atoms with Crippen LogP contribution in [-0.2, 0) is 20.6 Å². The Hall–Kier alpha value is -1.44. The van der Waals surface area contributed by atoms with Crippen molar-refractivity contribution in [2.75, 3.05) is 0 Å². The highest BCUT2D eigenvalue weighted by atomic mass is 32.2. The van der Waals surface area contributed by atoms with E-state index in [9.17, 15) is 18.3 Å². The smallest absolute Gasteiger partial charge is 0.324 e. The molecule has 1 rings (SSSR count). The summed E-state index contributed by atoms with van der Waals surface area (Å²) in [5.41, 5.74) is 2.27. The molecule has 0 fully saturated rings. The maximum atomic E-state index is 12.0. The molecule has 1 aromatic rings. The molecule has 2 atom stereocenters. The summed E-state index contributed by atoms with van der Waals surface area (Å²) in [6.07, 6.45) is -1.32. The minimum Gasteiger partial charge on any atom is -0.480 e. The van der Waals surface area contributed by atoms with E-state index in [1.54, 1.807) is 26.0 Å². The van der Waals surface area contributed by atoms with Gasteiger partial charge in [-0.3, -0.25) is 4.79 Å². The van der Waals surface area contributed by atoms with Gasteiger partial charge in [0.05, 0.1) is 11.9 Å². The van der Waals surface area contributed by atoms with Crippen molar-refractivity contribution < 1.29 is 23.4 Å². The molecule has 0 aliphatic carbocycles. The molecule has 0 aliphatic rings. The second kappa shape index (κ2) is 6.34. The summed E-state index contributed by atoms with van der Waals surface area (Å²) in [4.78, 5) is 10.9. The first kappa shape index (κ1) is 16.6. The van der Waals surface area contributed by atoms with Crippen LogP contribution in [0.4, 0.5) is 0 Å². The average Bonchev–Trinajstić information content (AvgIpc) is 2.30. The zero-order chi connectivity index (χ0) is 15.5. The largest absolute Gasteiger partial charge is 0.480 e. The number of aliphatic hydroxyl groups is 1. The molecule has 6 nitrogen and oxygen atoms in total. The molecule has 0 aliphatic heterocycles. The molecule has 3 N–H and O–H groups in total. The van der Waals surface area contributed by atoms with Crippen LogP contribution in [0.1, 0.15) is 23.6 Å². The van der Waals surface area contributed by atoms with E-state index in [1.165, 1.54) is 6.92 Å². The zero-order valence-electron chi connectivity index (χ0n) is 11.6. The second-order valence-corrected chi connectivity index (χ2v) is 6.56. The number of carboxylic acids is 1. The third-order valence-electron chi connectivity index (χ3n) is 3.03. The predicted octanol–water partition coefficient (Wildman–Crippen LogP) is 0.557. The monoisotopic (exact) mass is 301 g/mol. The van der Waals surface area contributed by atoms with Crippen molar-refractivity contribution in [3.05, 3.63) is 34.9 Å². The van der Waals surface area contributed by atoms with Crippen LogP contribution < -0.4 is 4.72 Å². The fourth-order valence-corrected chi connectivity index (χ4v) is 3.46. The van der Waals surface area contributed by atoms with Crippen molar-refractivity contribution in [1.29, 1.82) is 0 Å². The Morgan fingerprint density at radius 1 is 1.30 bits per heavy atom. The molecule has 0 heterocycles. The number of benzene rings is 1. The molecule has 0 bridgehead atoms. The zero-order valence-corrected chi connectivity index (χ0v) is 12.4. The molecule has 0 spiro atoms. The van der Waals surface area contributed by atoms with Crippen LogP contribution in [0, 0.1) is 13.8 Å². The van der Waals surface area contributed by atoms with Crippen molar-refractivity contribution >= 4 is 16.0 Å². The topological polar surface area (TPSA) is 104 Å². The quantitative estimate of drug-likeness (QED) is 0.712. The molecule has 0 saturated carbocycles. The Kier molecular flexibility index (Phi) is 5.27. The van der Waals surface area contributed by atoms with Crippen LogP contribution in [-0.4, -0.2) is 36.7 Å². The standard InChI is InChI=1S/C13H19NO5S/c1-8-5-4-6-9(2)11(8)7-20(18,19)14-12(10(3)15)13(16)17/h4-6,10,12,14-15H,7H2,1-3H3,(H,16,17)/t10-,12-/m0/s1. The fourth-order valence-electron chi connectivity index (χ4n) is 1.86. The molecule has 20 heavy (non-hydrogen) atoms. The van der Waals surface area contributed by atoms with Gasteiger partial charge < -0.3 is 10.2 Å². The van der Waals surface area contributed by atoms with E-state index in [1.807, 2.05) is 10.8 Å². The molecule has 0 radical (unpaired) electrons. The van der Waals surface area contributed by atoms with Gasteiger partial charge in [-0.15, -0.1) is 0 Å². The summed E-state index contributed by atoms with van der Waals surface area (Å²) in [5, 5.41) is 18.2. The van der Waals surface area contributed by atoms with Gasteiger partial charge in [-0.05, 0) is 37.5 Å². The lowest BCUT2D eigenvalue weighted by molar-refractivity contribution is -0.141. The van der Waals surface area contributed by atoms with E-state index < -0.39 is 28.1 Å². The molecule has 0 saturated heterocycles. The van der Waals surface area contributed by atoms with Crippen LogP contribution in [0.2, 0.25) is 0 Å². The first-order valence-electron chi connectivity index (χ1n) is 6.10. The summed E-state index contributed by atoms with van der Waals surface area (Å²) in [6.45, 7) is 4.81. The number of hydrogen-bond acceptors (Lipinski definition) is 4. The highest BCUT2D eigenvalue weighted by Gasteiger charge is 2.28. The van der Waals surface area contributed by atoms with Gasteiger partial charge in [0.15, 0.2) is 0 Å². The van der Waals surface area contributed by atoms with E-state index in [4.69, 9.17) is 5.11 Å². The number of hydrogen-bond donors (Lipinski definition) is 3. The lowest BCUT2D eigenvalue weighted by atomic mass is 10.1. The number of carboxylic acid groups (broad SMARTS) is 1. The number of aliphatic carboxylic acids is 1. The molecule has 0 unspecified atom stereocenters. The first-order chi connectivity index (χ1) is 9.14. The minimum atomic E-state index is -3.86. The van der Waals surface area contributed by atoms with E-state index in [0.29, 0.717) is 5.56 Å². The number of aryl methyl sites for hydroxylation is 2. The summed E-state index contributed by atoms with van der Waals surface area (Å²) in [5.74, 6) is -1.73. The van der Waals surface area contributed by atoms with Gasteiger partial charge in [-0.25, -0.2) is 8.42 Å². The van der Waals surface area contributed by atoms with Crippen molar-refractivity contribution in [2.24, 2.45) is 0 Å². The Morgan fingerprint density at radius 3 is 2.20 bits per heavy atom. The third-order valence-corrected chi connectivity index (χ3v) is 4.32. The average molecular weight is 301 g/mol. The number of rotatable bonds is 6. The van der Waals surface area contributed by atoms with Gasteiger partial charge in [0.1, 0.15) is 6.04 Å². The van der Waals surface area contributed by atoms with Crippen molar-refractivity contribution in [3.63, 3.8) is 0 Å². The fraction of sp³-hybridized carbons (Fsp3) is 0.462. The summed E-state index contributed by atoms with van der Waals surface area (Å²) < 4.78 is 26.1. The second-order valence-electron chi connectivity index (χ2n) is 4.80. The Morgan fingerprint density at radius 2 is 1.80 bits per heavy atom. The van der Waals surface area contributed by atoms with Crippen LogP contribution >= 0.6 is 0 Å². The van der Waals surface area contributed by atoms with Crippen LogP contribution in [0.15, 0.2) is 18.2 Å². The van der Waals surface area contributed by atoms with Gasteiger partial charge in [0.25, 0.3) is 0 Å². The molecule has 7 heteroatoms. The Labute approximate surface area is 118 Å². The maximum Gasteiger partial charge on any atom is 0.324 e. The predicted molar refractivity (Wildman–Crippen MR) is 74.8 cm³/mol. The highest BCUT2D eigenvalue weighted by Crippen LogP contribution is 2.16. The van der Waals surface area contributed by atoms with Gasteiger partial charge >= 0.3 is 5.97 Å². The summed E-state index contributed by atoms with van der Waals surface area (Å²) in [6, 6.07) is 3.86. The third kappa shape index (κ3) is 4.29. The number of sulfonamides is 1. The van der Waals surface area contributed by atoms with Crippen molar-refractivity contribution in [3.8, 4) is 0 Å². The van der Waals surface area contributed by atoms with Crippen LogP contribution in [0.3, 0.4) is 0 Å². The van der Waals surface area contributed by atoms with E-state index >= 15 is 0 Å². The van der Waals surface area contributed by atoms with Gasteiger partial charge in [0, 0.05) is 0 Å². The number of aliphatic hydroxyl groups excluding tert-OH is 1. The minimum absolute atomic E-state index is 0.317. The van der Waals surface area contributed by atoms with Crippen LogP contribution in [0.25, 0.3) is 0 Å². The van der Waals surface area contributed by atoms with Crippen LogP contribution in [0.5, 0.6) is 0 Å². The molecular formula is C13H19NO5S. The highest BCUT2D eigenvalue weighted by molar-refractivity contribution is 7.88. The van der Waals surface area contributed by atoms with E-state index in [-0.39, 0.29) is 5.75 Å². The van der Waals surface area contributed by atoms with Crippen molar-refractivity contribution in [1.82, 2.24) is 4.72 Å². The number of nitrogens with one attached hydrogen (secondary N) is 1. The van der Waals surface area contributed by atoms with Gasteiger partial charge in [-0.2, -0.15) is 4.72 Å². The molecule has 112 valence electrons. The summed E-state index contributed by atoms with van der Waals surface area (Å²) in [7, 11) is -3.86. The lowest BCUT2D eigenvalue weighted by Gasteiger charge is -2.18. The van der Waals surface area contributed by atoms with Gasteiger partial charge in [-0.1, -0.05) is 18.2 Å². The lowest BCUT2D eigenvalue weighted by Crippen LogP contribution is -2.47. The normalized spacial score (nSPS) is 14.8. The molecular weight excluding hydrogens is 282 g/mol. The number of carbonyl (C=O) groups is 1. The Balaban J connectivity index is 2.98. The van der Waals surface area contributed by atoms with Gasteiger partial charge in [0.2, 0.25) is 10.0 Å². The van der Waals surface area contributed by atoms with E-state index in [2.05, 4.69) is 0 Å². The SMILES string of the molecule is Cc1cccc(C)c1CS(=O)(=O)N[C@H](C(=O)O)[C@H](C)O. The van der Waals surface area contributed by atoms with E-state index in [0.717, 1.165) is 11.1 Å². The summed E-state index contributed by atoms with van der Waals surface area (Å²) >= 11 is 0. The Bertz CT molecular complexity index is 575. The maximum absolute atomic E-state index is 12.0. The molecule has 1 aromatic carbocycles.